The number of nitrogens with zero attached hydrogens (tertiary/aromatic N) is 1. The molecule has 0 aliphatic heterocycles. The number of benzene rings is 1. The maximum absolute atomic E-state index is 11.6. The third kappa shape index (κ3) is 4.33. The number of methoxy groups -OCH3 is 2. The van der Waals surface area contributed by atoms with Crippen LogP contribution in [0.4, 0.5) is 0 Å². The zero-order valence-electron chi connectivity index (χ0n) is 11.0. The molecule has 0 heterocycles. The van der Waals surface area contributed by atoms with Crippen molar-refractivity contribution in [1.82, 2.24) is 4.90 Å². The summed E-state index contributed by atoms with van der Waals surface area (Å²) in [5, 5.41) is 0. The Bertz CT molecular complexity index is 444. The number of thioether (sulfide) groups is 1. The highest BCUT2D eigenvalue weighted by Crippen LogP contribution is 2.29. The molecular formula is C13H17NO3S. The van der Waals surface area contributed by atoms with Gasteiger partial charge < -0.3 is 14.4 Å². The van der Waals surface area contributed by atoms with E-state index in [1.54, 1.807) is 18.2 Å². The third-order valence-electron chi connectivity index (χ3n) is 2.03. The molecule has 1 aromatic carbocycles. The van der Waals surface area contributed by atoms with Crippen LogP contribution in [0.2, 0.25) is 0 Å². The summed E-state index contributed by atoms with van der Waals surface area (Å²) in [5.74, 6) is 0.408. The topological polar surface area (TPSA) is 38.8 Å². The van der Waals surface area contributed by atoms with E-state index in [1.807, 2.05) is 38.4 Å². The van der Waals surface area contributed by atoms with Crippen LogP contribution in [0.15, 0.2) is 40.3 Å². The molecule has 0 bridgehead atoms. The molecule has 18 heavy (non-hydrogen) atoms. The van der Waals surface area contributed by atoms with Crippen LogP contribution in [0, 0.1) is 0 Å². The fourth-order valence-corrected chi connectivity index (χ4v) is 2.25. The standard InChI is InChI=1S/C13H17NO3S/c1-14(2)9-12(13(15)17-4)18-11-7-5-6-10(8-11)16-3/h5-9H,1-4H3/b12-9-. The summed E-state index contributed by atoms with van der Waals surface area (Å²) in [7, 11) is 6.70. The molecule has 0 spiro atoms. The molecule has 4 nitrogen and oxygen atoms in total. The van der Waals surface area contributed by atoms with E-state index < -0.39 is 0 Å². The van der Waals surface area contributed by atoms with Gasteiger partial charge in [-0.15, -0.1) is 0 Å². The van der Waals surface area contributed by atoms with E-state index in [9.17, 15) is 4.79 Å². The van der Waals surface area contributed by atoms with E-state index in [-0.39, 0.29) is 5.97 Å². The van der Waals surface area contributed by atoms with Gasteiger partial charge >= 0.3 is 5.97 Å². The third-order valence-corrected chi connectivity index (χ3v) is 3.01. The maximum Gasteiger partial charge on any atom is 0.346 e. The van der Waals surface area contributed by atoms with Crippen molar-refractivity contribution in [3.63, 3.8) is 0 Å². The lowest BCUT2D eigenvalue weighted by Crippen LogP contribution is -2.08. The first kappa shape index (κ1) is 14.4. The summed E-state index contributed by atoms with van der Waals surface area (Å²) in [5.41, 5.74) is 0. The number of carbonyl (C=O) groups is 1. The van der Waals surface area contributed by atoms with E-state index in [2.05, 4.69) is 0 Å². The summed E-state index contributed by atoms with van der Waals surface area (Å²) < 4.78 is 9.90. The lowest BCUT2D eigenvalue weighted by molar-refractivity contribution is -0.135. The van der Waals surface area contributed by atoms with E-state index in [0.717, 1.165) is 10.6 Å². The summed E-state index contributed by atoms with van der Waals surface area (Å²) >= 11 is 1.34. The second-order valence-electron chi connectivity index (χ2n) is 3.73. The van der Waals surface area contributed by atoms with Gasteiger partial charge in [-0.25, -0.2) is 4.79 Å². The minimum Gasteiger partial charge on any atom is -0.497 e. The molecule has 98 valence electrons. The quantitative estimate of drug-likeness (QED) is 0.465. The van der Waals surface area contributed by atoms with Gasteiger partial charge in [-0.3, -0.25) is 0 Å². The predicted octanol–water partition coefficient (Wildman–Crippen LogP) is 2.36. The molecule has 0 radical (unpaired) electrons. The molecule has 0 saturated heterocycles. The zero-order chi connectivity index (χ0) is 13.5. The molecule has 0 aliphatic carbocycles. The van der Waals surface area contributed by atoms with Gasteiger partial charge in [-0.05, 0) is 18.2 Å². The Labute approximate surface area is 112 Å². The highest BCUT2D eigenvalue weighted by molar-refractivity contribution is 8.04. The van der Waals surface area contributed by atoms with Crippen molar-refractivity contribution >= 4 is 17.7 Å². The fourth-order valence-electron chi connectivity index (χ4n) is 1.25. The molecule has 0 saturated carbocycles. The van der Waals surface area contributed by atoms with Gasteiger partial charge in [0.15, 0.2) is 0 Å². The maximum atomic E-state index is 11.6. The van der Waals surface area contributed by atoms with Crippen LogP contribution in [0.5, 0.6) is 5.75 Å². The molecule has 0 fully saturated rings. The highest BCUT2D eigenvalue weighted by Gasteiger charge is 2.12. The van der Waals surface area contributed by atoms with E-state index in [0.29, 0.717) is 4.91 Å². The number of esters is 1. The Morgan fingerprint density at radius 3 is 2.61 bits per heavy atom. The summed E-state index contributed by atoms with van der Waals surface area (Å²) in [6, 6.07) is 7.53. The van der Waals surface area contributed by atoms with Crippen molar-refractivity contribution < 1.29 is 14.3 Å². The number of hydrogen-bond donors (Lipinski definition) is 0. The summed E-state index contributed by atoms with van der Waals surface area (Å²) in [6.45, 7) is 0. The van der Waals surface area contributed by atoms with Crippen LogP contribution in [0.25, 0.3) is 0 Å². The minimum atomic E-state index is -0.350. The number of carbonyl (C=O) groups excluding carboxylic acids is 1. The molecule has 0 atom stereocenters. The number of hydrogen-bond acceptors (Lipinski definition) is 5. The van der Waals surface area contributed by atoms with E-state index >= 15 is 0 Å². The fraction of sp³-hybridized carbons (Fsp3) is 0.308. The highest BCUT2D eigenvalue weighted by atomic mass is 32.2. The average molecular weight is 267 g/mol. The van der Waals surface area contributed by atoms with Gasteiger partial charge in [-0.1, -0.05) is 17.8 Å². The molecule has 1 rings (SSSR count). The van der Waals surface area contributed by atoms with Gasteiger partial charge in [0, 0.05) is 25.2 Å². The largest absolute Gasteiger partial charge is 0.497 e. The normalized spacial score (nSPS) is 11.0. The first-order valence-electron chi connectivity index (χ1n) is 5.35. The Balaban J connectivity index is 2.92. The zero-order valence-corrected chi connectivity index (χ0v) is 11.8. The van der Waals surface area contributed by atoms with Gasteiger partial charge in [0.2, 0.25) is 0 Å². The second kappa shape index (κ2) is 6.96. The Hall–Kier alpha value is -1.62. The average Bonchev–Trinajstić information content (AvgIpc) is 2.36. The smallest absolute Gasteiger partial charge is 0.346 e. The van der Waals surface area contributed by atoms with Gasteiger partial charge in [-0.2, -0.15) is 0 Å². The lowest BCUT2D eigenvalue weighted by atomic mass is 10.3. The number of ether oxygens (including phenoxy) is 2. The summed E-state index contributed by atoms with van der Waals surface area (Å²) in [4.78, 5) is 14.9. The molecular weight excluding hydrogens is 250 g/mol. The van der Waals surface area contributed by atoms with Crippen LogP contribution >= 0.6 is 11.8 Å². The van der Waals surface area contributed by atoms with Crippen molar-refractivity contribution in [1.29, 1.82) is 0 Å². The van der Waals surface area contributed by atoms with Gasteiger partial charge in [0.25, 0.3) is 0 Å². The van der Waals surface area contributed by atoms with Crippen molar-refractivity contribution in [2.24, 2.45) is 0 Å². The number of rotatable bonds is 5. The minimum absolute atomic E-state index is 0.350. The van der Waals surface area contributed by atoms with E-state index in [4.69, 9.17) is 9.47 Å². The van der Waals surface area contributed by atoms with Crippen LogP contribution < -0.4 is 4.74 Å². The molecule has 5 heteroatoms. The van der Waals surface area contributed by atoms with E-state index in [1.165, 1.54) is 18.9 Å². The van der Waals surface area contributed by atoms with Crippen molar-refractivity contribution in [2.75, 3.05) is 28.3 Å². The van der Waals surface area contributed by atoms with Crippen LogP contribution in [0.3, 0.4) is 0 Å². The van der Waals surface area contributed by atoms with Crippen LogP contribution in [-0.4, -0.2) is 39.2 Å². The molecule has 0 amide bonds. The molecule has 0 aliphatic rings. The summed E-state index contributed by atoms with van der Waals surface area (Å²) in [6.07, 6.45) is 1.73. The van der Waals surface area contributed by atoms with Crippen molar-refractivity contribution in [3.05, 3.63) is 35.4 Å². The molecule has 0 unspecified atom stereocenters. The molecule has 0 aromatic heterocycles. The van der Waals surface area contributed by atoms with Crippen LogP contribution in [0.1, 0.15) is 0 Å². The second-order valence-corrected chi connectivity index (χ2v) is 4.84. The first-order chi connectivity index (χ1) is 8.56. The monoisotopic (exact) mass is 267 g/mol. The Morgan fingerprint density at radius 1 is 1.33 bits per heavy atom. The predicted molar refractivity (Wildman–Crippen MR) is 72.6 cm³/mol. The Morgan fingerprint density at radius 2 is 2.06 bits per heavy atom. The van der Waals surface area contributed by atoms with Crippen molar-refractivity contribution in [2.45, 2.75) is 4.90 Å². The molecule has 0 N–H and O–H groups in total. The van der Waals surface area contributed by atoms with Gasteiger partial charge in [0.1, 0.15) is 10.7 Å². The first-order valence-corrected chi connectivity index (χ1v) is 6.17. The lowest BCUT2D eigenvalue weighted by Gasteiger charge is -2.10. The van der Waals surface area contributed by atoms with Gasteiger partial charge in [0.05, 0.1) is 14.2 Å². The Kier molecular flexibility index (Phi) is 5.58. The molecule has 1 aromatic rings. The van der Waals surface area contributed by atoms with Crippen molar-refractivity contribution in [3.8, 4) is 5.75 Å². The SMILES string of the molecule is COC(=O)/C(=C/N(C)C)Sc1cccc(OC)c1. The van der Waals surface area contributed by atoms with Crippen LogP contribution in [-0.2, 0) is 9.53 Å².